The first-order valence-corrected chi connectivity index (χ1v) is 10.2. The molecule has 0 unspecified atom stereocenters. The Morgan fingerprint density at radius 3 is 2.42 bits per heavy atom. The second-order valence-electron chi connectivity index (χ2n) is 7.73. The Morgan fingerprint density at radius 1 is 1.10 bits per heavy atom. The van der Waals surface area contributed by atoms with Crippen LogP contribution in [0.3, 0.4) is 0 Å². The number of rotatable bonds is 4. The number of aromatic amines is 1. The van der Waals surface area contributed by atoms with Gasteiger partial charge in [-0.05, 0) is 12.1 Å². The van der Waals surface area contributed by atoms with Gasteiger partial charge in [0.25, 0.3) is 0 Å². The van der Waals surface area contributed by atoms with Crippen molar-refractivity contribution in [1.29, 1.82) is 5.41 Å². The molecule has 2 aliphatic heterocycles. The van der Waals surface area contributed by atoms with Gasteiger partial charge in [-0.2, -0.15) is 0 Å². The molecule has 0 saturated carbocycles. The van der Waals surface area contributed by atoms with Gasteiger partial charge in [0.1, 0.15) is 34.5 Å². The van der Waals surface area contributed by atoms with E-state index < -0.39 is 5.54 Å². The number of hydrogen-bond acceptors (Lipinski definition) is 6. The van der Waals surface area contributed by atoms with Crippen LogP contribution in [-0.2, 0) is 4.74 Å². The van der Waals surface area contributed by atoms with Crippen LogP contribution in [0.1, 0.15) is 18.7 Å². The molecule has 0 radical (unpaired) electrons. The number of methoxy groups -OCH3 is 2. The van der Waals surface area contributed by atoms with Crippen molar-refractivity contribution < 1.29 is 19.3 Å². The molecule has 3 aromatic rings. The zero-order valence-corrected chi connectivity index (χ0v) is 17.4. The molecule has 0 aliphatic carbocycles. The maximum absolute atomic E-state index is 11.5. The van der Waals surface area contributed by atoms with Crippen LogP contribution in [-0.4, -0.2) is 53.9 Å². The van der Waals surface area contributed by atoms with E-state index in [1.165, 1.54) is 0 Å². The van der Waals surface area contributed by atoms with E-state index >= 15 is 0 Å². The summed E-state index contributed by atoms with van der Waals surface area (Å²) in [6.45, 7) is 0.977. The van der Waals surface area contributed by atoms with Crippen molar-refractivity contribution in [2.75, 3.05) is 32.3 Å². The highest BCUT2D eigenvalue weighted by atomic mass is 16.5. The van der Waals surface area contributed by atoms with Crippen LogP contribution in [0.4, 0.5) is 5.69 Å². The number of ether oxygens (including phenoxy) is 3. The van der Waals surface area contributed by atoms with Crippen LogP contribution in [0.25, 0.3) is 16.6 Å². The third-order valence-electron chi connectivity index (χ3n) is 6.11. The molecule has 160 valence electrons. The minimum Gasteiger partial charge on any atom is -0.509 e. The number of amidine groups is 1. The first-order valence-electron chi connectivity index (χ1n) is 10.2. The number of hydrogen-bond donors (Lipinski definition) is 3. The summed E-state index contributed by atoms with van der Waals surface area (Å²) >= 11 is 0. The second kappa shape index (κ2) is 7.31. The molecule has 2 aromatic carbocycles. The molecule has 1 fully saturated rings. The molecular formula is C23H24N4O4. The quantitative estimate of drug-likeness (QED) is 0.592. The summed E-state index contributed by atoms with van der Waals surface area (Å²) in [5.74, 6) is 2.02. The van der Waals surface area contributed by atoms with Crippen molar-refractivity contribution >= 4 is 28.1 Å². The van der Waals surface area contributed by atoms with Gasteiger partial charge in [-0.15, -0.1) is 0 Å². The fraction of sp³-hybridized carbons (Fsp3) is 0.304. The highest BCUT2D eigenvalue weighted by Gasteiger charge is 2.53. The molecule has 1 saturated heterocycles. The minimum absolute atomic E-state index is 0.140. The number of aliphatic hydroxyl groups is 1. The predicted octanol–water partition coefficient (Wildman–Crippen LogP) is 3.90. The molecule has 3 N–H and O–H groups in total. The molecule has 8 nitrogen and oxygen atoms in total. The van der Waals surface area contributed by atoms with Gasteiger partial charge in [-0.1, -0.05) is 12.1 Å². The van der Waals surface area contributed by atoms with Crippen LogP contribution >= 0.6 is 0 Å². The van der Waals surface area contributed by atoms with Crippen LogP contribution in [0.15, 0.2) is 48.2 Å². The van der Waals surface area contributed by atoms with Crippen molar-refractivity contribution in [2.24, 2.45) is 0 Å². The first kappa shape index (κ1) is 19.4. The Bertz CT molecular complexity index is 1140. The largest absolute Gasteiger partial charge is 0.509 e. The van der Waals surface area contributed by atoms with Gasteiger partial charge in [0.05, 0.1) is 36.5 Å². The smallest absolute Gasteiger partial charge is 0.145 e. The molecule has 1 aromatic heterocycles. The van der Waals surface area contributed by atoms with Crippen LogP contribution < -0.4 is 14.4 Å². The zero-order valence-electron chi connectivity index (χ0n) is 17.4. The molecule has 0 amide bonds. The van der Waals surface area contributed by atoms with E-state index in [-0.39, 0.29) is 11.6 Å². The van der Waals surface area contributed by atoms with E-state index in [9.17, 15) is 5.11 Å². The van der Waals surface area contributed by atoms with Gasteiger partial charge in [0, 0.05) is 44.3 Å². The van der Waals surface area contributed by atoms with Crippen molar-refractivity contribution in [3.05, 3.63) is 54.0 Å². The number of benzene rings is 2. The standard InChI is InChI=1S/C23H24N4O4/c1-29-15-11-14(12-16(13-15)30-2)27-21(24)19(20(28)23(27)7-9-31-10-8-23)22-25-17-5-3-4-6-18(17)26-22/h3-6,11-13,24,28H,7-10H2,1-2H3,(H,25,26). The lowest BCUT2D eigenvalue weighted by Gasteiger charge is -2.42. The third-order valence-corrected chi connectivity index (χ3v) is 6.11. The Labute approximate surface area is 179 Å². The molecule has 8 heteroatoms. The molecule has 2 aliphatic rings. The zero-order chi connectivity index (χ0) is 21.6. The Morgan fingerprint density at radius 2 is 1.77 bits per heavy atom. The Balaban J connectivity index is 1.69. The Kier molecular flexibility index (Phi) is 4.59. The van der Waals surface area contributed by atoms with Gasteiger partial charge in [-0.3, -0.25) is 5.41 Å². The number of fused-ring (bicyclic) bond motifs is 1. The summed E-state index contributed by atoms with van der Waals surface area (Å²) in [5, 5.41) is 20.6. The van der Waals surface area contributed by atoms with E-state index in [2.05, 4.69) is 9.97 Å². The van der Waals surface area contributed by atoms with Gasteiger partial charge in [-0.25, -0.2) is 4.98 Å². The number of aliphatic hydroxyl groups excluding tert-OH is 1. The van der Waals surface area contributed by atoms with E-state index in [0.717, 1.165) is 11.0 Å². The number of imidazole rings is 1. The molecule has 5 rings (SSSR count). The average Bonchev–Trinajstić information content (AvgIpc) is 3.30. The third kappa shape index (κ3) is 2.94. The van der Waals surface area contributed by atoms with E-state index in [0.29, 0.717) is 54.6 Å². The molecule has 1 spiro atoms. The topological polar surface area (TPSA) is 104 Å². The minimum atomic E-state index is -0.791. The maximum Gasteiger partial charge on any atom is 0.145 e. The number of nitrogens with zero attached hydrogens (tertiary/aromatic N) is 2. The lowest BCUT2D eigenvalue weighted by atomic mass is 9.87. The van der Waals surface area contributed by atoms with Crippen LogP contribution in [0.2, 0.25) is 0 Å². The average molecular weight is 420 g/mol. The van der Waals surface area contributed by atoms with Gasteiger partial charge >= 0.3 is 0 Å². The maximum atomic E-state index is 11.5. The number of H-pyrrole nitrogens is 1. The van der Waals surface area contributed by atoms with Crippen molar-refractivity contribution in [1.82, 2.24) is 9.97 Å². The summed E-state index contributed by atoms with van der Waals surface area (Å²) in [4.78, 5) is 9.77. The van der Waals surface area contributed by atoms with Gasteiger partial charge in [0.15, 0.2) is 0 Å². The fourth-order valence-electron chi connectivity index (χ4n) is 4.54. The molecule has 0 atom stereocenters. The van der Waals surface area contributed by atoms with Gasteiger partial charge in [0.2, 0.25) is 0 Å². The van der Waals surface area contributed by atoms with Crippen molar-refractivity contribution in [2.45, 2.75) is 18.4 Å². The van der Waals surface area contributed by atoms with E-state index in [1.807, 2.05) is 41.3 Å². The summed E-state index contributed by atoms with van der Waals surface area (Å²) < 4.78 is 16.5. The normalized spacial score (nSPS) is 18.3. The lowest BCUT2D eigenvalue weighted by molar-refractivity contribution is 0.0541. The Hall–Kier alpha value is -3.52. The molecular weight excluding hydrogens is 396 g/mol. The summed E-state index contributed by atoms with van der Waals surface area (Å²) in [6.07, 6.45) is 1.09. The fourth-order valence-corrected chi connectivity index (χ4v) is 4.54. The molecule has 3 heterocycles. The van der Waals surface area contributed by atoms with Crippen LogP contribution in [0, 0.1) is 5.41 Å². The van der Waals surface area contributed by atoms with Crippen molar-refractivity contribution in [3.8, 4) is 11.5 Å². The van der Waals surface area contributed by atoms with Crippen molar-refractivity contribution in [3.63, 3.8) is 0 Å². The van der Waals surface area contributed by atoms with E-state index in [1.54, 1.807) is 20.3 Å². The highest BCUT2D eigenvalue weighted by molar-refractivity contribution is 6.31. The van der Waals surface area contributed by atoms with Gasteiger partial charge < -0.3 is 29.2 Å². The summed E-state index contributed by atoms with van der Waals surface area (Å²) in [5.41, 5.74) is 1.96. The molecule has 0 bridgehead atoms. The number of anilines is 1. The summed E-state index contributed by atoms with van der Waals surface area (Å²) in [7, 11) is 3.18. The summed E-state index contributed by atoms with van der Waals surface area (Å²) in [6, 6.07) is 13.2. The number of nitrogens with one attached hydrogen (secondary N) is 2. The predicted molar refractivity (Wildman–Crippen MR) is 118 cm³/mol. The first-order chi connectivity index (χ1) is 15.1. The number of aromatic nitrogens is 2. The second-order valence-corrected chi connectivity index (χ2v) is 7.73. The SMILES string of the molecule is COc1cc(OC)cc(N2C(=N)C(c3nc4ccccc4[nH]3)=C(O)C23CCOCC3)c1. The number of para-hydroxylation sites is 2. The molecule has 31 heavy (non-hydrogen) atoms. The van der Waals surface area contributed by atoms with Crippen LogP contribution in [0.5, 0.6) is 11.5 Å². The van der Waals surface area contributed by atoms with E-state index in [4.69, 9.17) is 19.6 Å². The lowest BCUT2D eigenvalue weighted by Crippen LogP contribution is -2.52. The monoisotopic (exact) mass is 420 g/mol. The highest BCUT2D eigenvalue weighted by Crippen LogP contribution is 2.48.